The van der Waals surface area contributed by atoms with Crippen LogP contribution < -0.4 is 16.0 Å². The predicted molar refractivity (Wildman–Crippen MR) is 48.9 cm³/mol. The van der Waals surface area contributed by atoms with Gasteiger partial charge in [0.1, 0.15) is 0 Å². The van der Waals surface area contributed by atoms with Crippen LogP contribution >= 0.6 is 0 Å². The van der Waals surface area contributed by atoms with Crippen molar-refractivity contribution in [3.05, 3.63) is 10.6 Å². The van der Waals surface area contributed by atoms with Gasteiger partial charge in [-0.05, 0) is 25.2 Å². The lowest BCUT2D eigenvalue weighted by Crippen LogP contribution is -2.23. The Morgan fingerprint density at radius 1 is 1.69 bits per heavy atom. The zero-order valence-corrected chi connectivity index (χ0v) is 7.83. The molecule has 0 aliphatic heterocycles. The standard InChI is InChI=1S/C7H14N4O2/c1-8-4-3-5-11(2)6-9-7(12)13-10-6/h8H,3-5H2,1-2H3,(H,9,10,12). The fraction of sp³-hybridized carbons (Fsp3) is 0.714. The molecule has 0 aliphatic rings. The van der Waals surface area contributed by atoms with Gasteiger partial charge in [0.2, 0.25) is 5.95 Å². The van der Waals surface area contributed by atoms with Crippen LogP contribution in [-0.4, -0.2) is 37.3 Å². The molecular formula is C7H14N4O2. The quantitative estimate of drug-likeness (QED) is 0.601. The van der Waals surface area contributed by atoms with Crippen LogP contribution in [0.15, 0.2) is 9.32 Å². The Kier molecular flexibility index (Phi) is 3.51. The minimum absolute atomic E-state index is 0.473. The molecule has 1 rings (SSSR count). The van der Waals surface area contributed by atoms with Gasteiger partial charge in [-0.2, -0.15) is 0 Å². The summed E-state index contributed by atoms with van der Waals surface area (Å²) in [6.45, 7) is 1.76. The maximum Gasteiger partial charge on any atom is 0.440 e. The van der Waals surface area contributed by atoms with E-state index in [0.29, 0.717) is 5.95 Å². The number of H-pyrrole nitrogens is 1. The Labute approximate surface area is 75.9 Å². The number of nitrogens with zero attached hydrogens (tertiary/aromatic N) is 2. The maximum atomic E-state index is 10.6. The molecule has 0 fully saturated rings. The van der Waals surface area contributed by atoms with Crippen molar-refractivity contribution in [3.63, 3.8) is 0 Å². The summed E-state index contributed by atoms with van der Waals surface area (Å²) in [5.41, 5.74) is 0. The van der Waals surface area contributed by atoms with Crippen molar-refractivity contribution in [3.8, 4) is 0 Å². The summed E-state index contributed by atoms with van der Waals surface area (Å²) in [6.07, 6.45) is 0.988. The first-order valence-electron chi connectivity index (χ1n) is 4.16. The monoisotopic (exact) mass is 186 g/mol. The average Bonchev–Trinajstić information content (AvgIpc) is 2.52. The normalized spacial score (nSPS) is 10.3. The Hall–Kier alpha value is -1.30. The molecule has 0 radical (unpaired) electrons. The highest BCUT2D eigenvalue weighted by Gasteiger charge is 2.04. The van der Waals surface area contributed by atoms with Crippen LogP contribution in [0.25, 0.3) is 0 Å². The van der Waals surface area contributed by atoms with Crippen molar-refractivity contribution in [1.82, 2.24) is 15.5 Å². The summed E-state index contributed by atoms with van der Waals surface area (Å²) in [5, 5.41) is 6.59. The van der Waals surface area contributed by atoms with E-state index in [0.717, 1.165) is 19.5 Å². The Balaban J connectivity index is 2.39. The van der Waals surface area contributed by atoms with Crippen molar-refractivity contribution < 1.29 is 4.52 Å². The van der Waals surface area contributed by atoms with Gasteiger partial charge in [-0.25, -0.2) is 4.79 Å². The van der Waals surface area contributed by atoms with Crippen LogP contribution in [0.3, 0.4) is 0 Å². The summed E-state index contributed by atoms with van der Waals surface area (Å²) in [5.74, 6) is -0.0448. The molecule has 0 saturated heterocycles. The van der Waals surface area contributed by atoms with Crippen LogP contribution in [0.2, 0.25) is 0 Å². The van der Waals surface area contributed by atoms with Gasteiger partial charge >= 0.3 is 5.76 Å². The molecule has 13 heavy (non-hydrogen) atoms. The molecule has 1 aromatic heterocycles. The fourth-order valence-electron chi connectivity index (χ4n) is 0.986. The van der Waals surface area contributed by atoms with Gasteiger partial charge in [-0.1, -0.05) is 0 Å². The number of hydrogen-bond acceptors (Lipinski definition) is 5. The lowest BCUT2D eigenvalue weighted by molar-refractivity contribution is 0.386. The number of aromatic amines is 1. The predicted octanol–water partition coefficient (Wildman–Crippen LogP) is -0.591. The van der Waals surface area contributed by atoms with E-state index in [1.54, 1.807) is 0 Å². The molecule has 0 saturated carbocycles. The molecule has 0 atom stereocenters. The molecule has 6 nitrogen and oxygen atoms in total. The highest BCUT2D eigenvalue weighted by molar-refractivity contribution is 5.23. The van der Waals surface area contributed by atoms with Crippen LogP contribution in [-0.2, 0) is 0 Å². The van der Waals surface area contributed by atoms with Crippen LogP contribution in [0, 0.1) is 0 Å². The van der Waals surface area contributed by atoms with Crippen molar-refractivity contribution in [1.29, 1.82) is 0 Å². The second-order valence-electron chi connectivity index (χ2n) is 2.80. The molecule has 2 N–H and O–H groups in total. The van der Waals surface area contributed by atoms with Gasteiger partial charge in [0.25, 0.3) is 0 Å². The summed E-state index contributed by atoms with van der Waals surface area (Å²) >= 11 is 0. The van der Waals surface area contributed by atoms with Gasteiger partial charge in [0, 0.05) is 13.6 Å². The molecule has 0 aliphatic carbocycles. The van der Waals surface area contributed by atoms with Crippen molar-refractivity contribution in [2.45, 2.75) is 6.42 Å². The molecule has 1 aromatic rings. The molecule has 0 spiro atoms. The lowest BCUT2D eigenvalue weighted by Gasteiger charge is -2.13. The second-order valence-corrected chi connectivity index (χ2v) is 2.80. The zero-order valence-electron chi connectivity index (χ0n) is 7.83. The summed E-state index contributed by atoms with van der Waals surface area (Å²) in [6, 6.07) is 0. The topological polar surface area (TPSA) is 74.2 Å². The van der Waals surface area contributed by atoms with Gasteiger partial charge in [0.05, 0.1) is 0 Å². The number of aromatic nitrogens is 2. The molecule has 1 heterocycles. The summed E-state index contributed by atoms with van der Waals surface area (Å²) in [7, 11) is 3.75. The maximum absolute atomic E-state index is 10.6. The number of hydrogen-bond donors (Lipinski definition) is 2. The summed E-state index contributed by atoms with van der Waals surface area (Å²) < 4.78 is 4.37. The number of nitrogens with one attached hydrogen (secondary N) is 2. The van der Waals surface area contributed by atoms with Crippen molar-refractivity contribution in [2.24, 2.45) is 0 Å². The van der Waals surface area contributed by atoms with E-state index in [1.165, 1.54) is 0 Å². The van der Waals surface area contributed by atoms with E-state index in [2.05, 4.69) is 20.0 Å². The Bertz CT molecular complexity index is 293. The van der Waals surface area contributed by atoms with Crippen LogP contribution in [0.1, 0.15) is 6.42 Å². The molecule has 0 amide bonds. The van der Waals surface area contributed by atoms with Gasteiger partial charge in [-0.3, -0.25) is 9.51 Å². The van der Waals surface area contributed by atoms with Gasteiger partial charge < -0.3 is 10.2 Å². The third kappa shape index (κ3) is 2.90. The second kappa shape index (κ2) is 4.66. The van der Waals surface area contributed by atoms with Crippen molar-refractivity contribution >= 4 is 5.95 Å². The van der Waals surface area contributed by atoms with E-state index in [4.69, 9.17) is 0 Å². The number of rotatable bonds is 5. The molecular weight excluding hydrogens is 172 g/mol. The third-order valence-electron chi connectivity index (χ3n) is 1.71. The molecule has 74 valence electrons. The van der Waals surface area contributed by atoms with Crippen LogP contribution in [0.4, 0.5) is 5.95 Å². The minimum Gasteiger partial charge on any atom is -0.343 e. The summed E-state index contributed by atoms with van der Waals surface area (Å²) in [4.78, 5) is 14.9. The SMILES string of the molecule is CNCCCN(C)c1noc(=O)[nH]1. The van der Waals surface area contributed by atoms with E-state index in [9.17, 15) is 4.79 Å². The number of anilines is 1. The van der Waals surface area contributed by atoms with Crippen LogP contribution in [0.5, 0.6) is 0 Å². The smallest absolute Gasteiger partial charge is 0.343 e. The average molecular weight is 186 g/mol. The lowest BCUT2D eigenvalue weighted by atomic mass is 10.4. The molecule has 6 heteroatoms. The highest BCUT2D eigenvalue weighted by atomic mass is 16.5. The first-order valence-corrected chi connectivity index (χ1v) is 4.16. The first kappa shape index (κ1) is 9.79. The van der Waals surface area contributed by atoms with E-state index >= 15 is 0 Å². The van der Waals surface area contributed by atoms with E-state index < -0.39 is 5.76 Å². The van der Waals surface area contributed by atoms with E-state index in [1.807, 2.05) is 19.0 Å². The highest BCUT2D eigenvalue weighted by Crippen LogP contribution is 1.99. The minimum atomic E-state index is -0.518. The Morgan fingerprint density at radius 3 is 3.00 bits per heavy atom. The third-order valence-corrected chi connectivity index (χ3v) is 1.71. The Morgan fingerprint density at radius 2 is 2.46 bits per heavy atom. The molecule has 0 bridgehead atoms. The largest absolute Gasteiger partial charge is 0.440 e. The van der Waals surface area contributed by atoms with Gasteiger partial charge in [-0.15, -0.1) is 0 Å². The fourth-order valence-corrected chi connectivity index (χ4v) is 0.986. The molecule has 0 unspecified atom stereocenters. The van der Waals surface area contributed by atoms with E-state index in [-0.39, 0.29) is 0 Å². The van der Waals surface area contributed by atoms with Gasteiger partial charge in [0.15, 0.2) is 0 Å². The molecule has 0 aromatic carbocycles. The zero-order chi connectivity index (χ0) is 9.68. The van der Waals surface area contributed by atoms with Crippen molar-refractivity contribution in [2.75, 3.05) is 32.1 Å². The first-order chi connectivity index (χ1) is 6.24.